The highest BCUT2D eigenvalue weighted by Gasteiger charge is 2.18. The maximum atomic E-state index is 12.5. The summed E-state index contributed by atoms with van der Waals surface area (Å²) in [5, 5.41) is 10.7. The Morgan fingerprint density at radius 3 is 2.33 bits per heavy atom. The molecule has 0 saturated carbocycles. The highest BCUT2D eigenvalue weighted by Crippen LogP contribution is 2.25. The van der Waals surface area contributed by atoms with Crippen LogP contribution in [0.25, 0.3) is 5.69 Å². The van der Waals surface area contributed by atoms with Crippen LogP contribution < -0.4 is 11.3 Å². The fourth-order valence-corrected chi connectivity index (χ4v) is 2.47. The number of carbonyl (C=O) groups excluding carboxylic acids is 1. The first-order chi connectivity index (χ1) is 9.73. The van der Waals surface area contributed by atoms with Crippen LogP contribution in [0.5, 0.6) is 5.88 Å². The Morgan fingerprint density at radius 2 is 1.76 bits per heavy atom. The first-order valence-electron chi connectivity index (χ1n) is 6.26. The van der Waals surface area contributed by atoms with Gasteiger partial charge in [-0.15, -0.1) is 0 Å². The molecular weight excluding hydrogens is 292 g/mol. The topological polar surface area (TPSA) is 85.3 Å². The van der Waals surface area contributed by atoms with E-state index in [4.69, 9.17) is 17.3 Å². The highest BCUT2D eigenvalue weighted by atomic mass is 35.5. The number of pyridine rings is 1. The number of primary amides is 1. The van der Waals surface area contributed by atoms with Crippen LogP contribution in [0.1, 0.15) is 27.0 Å². The number of benzene rings is 1. The predicted octanol–water partition coefficient (Wildman–Crippen LogP) is 2.22. The Hall–Kier alpha value is -2.27. The third-order valence-electron chi connectivity index (χ3n) is 3.35. The fraction of sp³-hybridized carbons (Fsp3) is 0.200. The number of aryl methyl sites for hydroxylation is 3. The van der Waals surface area contributed by atoms with Crippen LogP contribution in [0.2, 0.25) is 5.02 Å². The lowest BCUT2D eigenvalue weighted by molar-refractivity contribution is 0.0998. The van der Waals surface area contributed by atoms with Crippen LogP contribution in [0.4, 0.5) is 0 Å². The van der Waals surface area contributed by atoms with Crippen molar-refractivity contribution in [3.05, 3.63) is 55.8 Å². The second-order valence-electron chi connectivity index (χ2n) is 4.95. The number of halogens is 1. The molecule has 1 heterocycles. The molecule has 2 aromatic rings. The van der Waals surface area contributed by atoms with E-state index in [1.165, 1.54) is 6.07 Å². The van der Waals surface area contributed by atoms with Gasteiger partial charge in [0, 0.05) is 11.1 Å². The van der Waals surface area contributed by atoms with Gasteiger partial charge in [0.05, 0.1) is 5.69 Å². The molecule has 0 aliphatic heterocycles. The van der Waals surface area contributed by atoms with Crippen molar-refractivity contribution in [3.8, 4) is 11.6 Å². The van der Waals surface area contributed by atoms with Crippen LogP contribution in [0, 0.1) is 20.8 Å². The summed E-state index contributed by atoms with van der Waals surface area (Å²) in [6.45, 7) is 5.10. The zero-order chi connectivity index (χ0) is 15.9. The van der Waals surface area contributed by atoms with Gasteiger partial charge in [-0.3, -0.25) is 9.59 Å². The molecule has 0 aliphatic rings. The highest BCUT2D eigenvalue weighted by molar-refractivity contribution is 6.31. The van der Waals surface area contributed by atoms with Gasteiger partial charge in [0.2, 0.25) is 0 Å². The van der Waals surface area contributed by atoms with E-state index in [9.17, 15) is 14.7 Å². The molecule has 21 heavy (non-hydrogen) atoms. The number of amides is 1. The maximum absolute atomic E-state index is 12.5. The molecule has 2 rings (SSSR count). The number of hydrogen-bond donors (Lipinski definition) is 2. The number of rotatable bonds is 2. The summed E-state index contributed by atoms with van der Waals surface area (Å²) in [4.78, 5) is 23.9. The van der Waals surface area contributed by atoms with E-state index in [0.717, 1.165) is 10.1 Å². The lowest BCUT2D eigenvalue weighted by Crippen LogP contribution is -2.30. The molecule has 110 valence electrons. The smallest absolute Gasteiger partial charge is 0.271 e. The normalized spacial score (nSPS) is 10.7. The summed E-state index contributed by atoms with van der Waals surface area (Å²) in [6.07, 6.45) is 0. The van der Waals surface area contributed by atoms with Gasteiger partial charge in [0.1, 0.15) is 5.56 Å². The van der Waals surface area contributed by atoms with Crippen molar-refractivity contribution >= 4 is 17.5 Å². The minimum Gasteiger partial charge on any atom is -0.494 e. The fourth-order valence-electron chi connectivity index (χ4n) is 2.25. The quantitative estimate of drug-likeness (QED) is 0.892. The summed E-state index contributed by atoms with van der Waals surface area (Å²) >= 11 is 6.04. The first-order valence-corrected chi connectivity index (χ1v) is 6.64. The zero-order valence-corrected chi connectivity index (χ0v) is 12.7. The number of aromatic nitrogens is 1. The van der Waals surface area contributed by atoms with Crippen molar-refractivity contribution < 1.29 is 9.90 Å². The lowest BCUT2D eigenvalue weighted by Gasteiger charge is -2.15. The Balaban J connectivity index is 2.88. The van der Waals surface area contributed by atoms with Gasteiger partial charge in [-0.1, -0.05) is 11.6 Å². The molecule has 1 aromatic carbocycles. The third kappa shape index (κ3) is 2.52. The third-order valence-corrected chi connectivity index (χ3v) is 3.76. The summed E-state index contributed by atoms with van der Waals surface area (Å²) < 4.78 is 1.06. The van der Waals surface area contributed by atoms with Crippen LogP contribution in [-0.4, -0.2) is 15.6 Å². The Labute approximate surface area is 126 Å². The minimum atomic E-state index is -0.824. The van der Waals surface area contributed by atoms with Gasteiger partial charge in [0.15, 0.2) is 5.88 Å². The molecule has 0 radical (unpaired) electrons. The second-order valence-corrected chi connectivity index (χ2v) is 5.36. The van der Waals surface area contributed by atoms with Crippen molar-refractivity contribution in [1.82, 2.24) is 4.57 Å². The van der Waals surface area contributed by atoms with Crippen molar-refractivity contribution in [2.24, 2.45) is 5.73 Å². The van der Waals surface area contributed by atoms with Crippen LogP contribution in [0.15, 0.2) is 23.0 Å². The molecule has 0 spiro atoms. The number of aromatic hydroxyl groups is 1. The molecule has 0 fully saturated rings. The SMILES string of the molecule is Cc1cc(-n2c(O)cc(C)c(C(N)=O)c2=O)c(C)cc1Cl. The summed E-state index contributed by atoms with van der Waals surface area (Å²) in [6, 6.07) is 4.71. The first kappa shape index (κ1) is 15.1. The van der Waals surface area contributed by atoms with E-state index >= 15 is 0 Å². The van der Waals surface area contributed by atoms with Crippen LogP contribution in [0.3, 0.4) is 0 Å². The van der Waals surface area contributed by atoms with Crippen molar-refractivity contribution in [2.75, 3.05) is 0 Å². The van der Waals surface area contributed by atoms with Gasteiger partial charge in [-0.25, -0.2) is 4.57 Å². The van der Waals surface area contributed by atoms with Crippen molar-refractivity contribution in [1.29, 1.82) is 0 Å². The predicted molar refractivity (Wildman–Crippen MR) is 81.4 cm³/mol. The molecule has 0 unspecified atom stereocenters. The Morgan fingerprint density at radius 1 is 1.14 bits per heavy atom. The standard InChI is InChI=1S/C15H15ClN2O3/c1-7-5-11(8(2)4-10(7)16)18-12(19)6-9(3)13(14(17)20)15(18)21/h4-6,19H,1-3H3,(H2,17,20). The molecule has 0 bridgehead atoms. The molecule has 0 atom stereocenters. The van der Waals surface area contributed by atoms with Gasteiger partial charge in [-0.2, -0.15) is 0 Å². The molecule has 3 N–H and O–H groups in total. The Bertz CT molecular complexity index is 810. The maximum Gasteiger partial charge on any atom is 0.271 e. The van der Waals surface area contributed by atoms with Crippen molar-refractivity contribution in [3.63, 3.8) is 0 Å². The molecule has 0 saturated heterocycles. The monoisotopic (exact) mass is 306 g/mol. The van der Waals surface area contributed by atoms with Gasteiger partial charge in [-0.05, 0) is 49.6 Å². The molecule has 5 nitrogen and oxygen atoms in total. The average molecular weight is 307 g/mol. The summed E-state index contributed by atoms with van der Waals surface area (Å²) in [5.41, 5.74) is 6.71. The van der Waals surface area contributed by atoms with E-state index in [2.05, 4.69) is 0 Å². The van der Waals surface area contributed by atoms with E-state index in [1.54, 1.807) is 32.9 Å². The Kier molecular flexibility index (Phi) is 3.78. The van der Waals surface area contributed by atoms with E-state index in [-0.39, 0.29) is 11.4 Å². The van der Waals surface area contributed by atoms with E-state index in [0.29, 0.717) is 21.8 Å². The molecule has 1 amide bonds. The van der Waals surface area contributed by atoms with Crippen molar-refractivity contribution in [2.45, 2.75) is 20.8 Å². The number of nitrogens with two attached hydrogens (primary N) is 1. The van der Waals surface area contributed by atoms with E-state index in [1.807, 2.05) is 0 Å². The van der Waals surface area contributed by atoms with E-state index < -0.39 is 11.5 Å². The molecule has 0 aliphatic carbocycles. The van der Waals surface area contributed by atoms with Gasteiger partial charge >= 0.3 is 0 Å². The average Bonchev–Trinajstić information content (AvgIpc) is 2.34. The molecular formula is C15H15ClN2O3. The number of hydrogen-bond acceptors (Lipinski definition) is 3. The minimum absolute atomic E-state index is 0.139. The number of nitrogens with zero attached hydrogens (tertiary/aromatic N) is 1. The lowest BCUT2D eigenvalue weighted by atomic mass is 10.1. The molecule has 6 heteroatoms. The largest absolute Gasteiger partial charge is 0.494 e. The zero-order valence-electron chi connectivity index (χ0n) is 11.9. The summed E-state index contributed by atoms with van der Waals surface area (Å²) in [7, 11) is 0. The van der Waals surface area contributed by atoms with Gasteiger partial charge < -0.3 is 10.8 Å². The van der Waals surface area contributed by atoms with Crippen LogP contribution in [-0.2, 0) is 0 Å². The van der Waals surface area contributed by atoms with Crippen LogP contribution >= 0.6 is 11.6 Å². The second kappa shape index (κ2) is 5.26. The number of carbonyl (C=O) groups is 1. The van der Waals surface area contributed by atoms with Gasteiger partial charge in [0.25, 0.3) is 11.5 Å². The molecule has 1 aromatic heterocycles. The summed E-state index contributed by atoms with van der Waals surface area (Å²) in [5.74, 6) is -1.08.